The fourth-order valence-corrected chi connectivity index (χ4v) is 2.23. The predicted octanol–water partition coefficient (Wildman–Crippen LogP) is 3.62. The Kier molecular flexibility index (Phi) is 5.88. The lowest BCUT2D eigenvalue weighted by atomic mass is 10.1. The number of aromatic nitrogens is 2. The fourth-order valence-electron chi connectivity index (χ4n) is 2.23. The Hall–Kier alpha value is -3.55. The quantitative estimate of drug-likeness (QED) is 0.650. The second kappa shape index (κ2) is 8.70. The van der Waals surface area contributed by atoms with Crippen LogP contribution in [0.5, 0.6) is 5.88 Å². The molecule has 2 amide bonds. The number of carbonyl (C=O) groups is 1. The molecule has 6 nitrogen and oxygen atoms in total. The highest BCUT2D eigenvalue weighted by Crippen LogP contribution is 2.17. The van der Waals surface area contributed by atoms with E-state index in [-0.39, 0.29) is 18.8 Å². The highest BCUT2D eigenvalue weighted by atomic mass is 19.2. The van der Waals surface area contributed by atoms with Crippen molar-refractivity contribution in [2.45, 2.75) is 0 Å². The molecule has 0 fully saturated rings. The number of hydrogen-bond donors (Lipinski definition) is 2. The van der Waals surface area contributed by atoms with E-state index in [4.69, 9.17) is 4.74 Å². The van der Waals surface area contributed by atoms with E-state index in [1.165, 1.54) is 6.07 Å². The van der Waals surface area contributed by atoms with Crippen molar-refractivity contribution in [3.05, 3.63) is 72.3 Å². The smallest absolute Gasteiger partial charge is 0.319 e. The van der Waals surface area contributed by atoms with Crippen LogP contribution in [0, 0.1) is 11.6 Å². The number of halogens is 2. The van der Waals surface area contributed by atoms with Gasteiger partial charge in [-0.1, -0.05) is 30.3 Å². The molecule has 0 saturated carbocycles. The van der Waals surface area contributed by atoms with Crippen molar-refractivity contribution in [2.75, 3.05) is 18.5 Å². The molecule has 0 aliphatic carbocycles. The number of nitrogens with one attached hydrogen (secondary N) is 2. The predicted molar refractivity (Wildman–Crippen MR) is 96.3 cm³/mol. The number of urea groups is 1. The molecule has 0 radical (unpaired) electrons. The Morgan fingerprint density at radius 3 is 2.48 bits per heavy atom. The van der Waals surface area contributed by atoms with Crippen LogP contribution in [0.1, 0.15) is 0 Å². The minimum Gasteiger partial charge on any atom is -0.475 e. The van der Waals surface area contributed by atoms with Crippen LogP contribution in [0.15, 0.2) is 60.7 Å². The Labute approximate surface area is 154 Å². The zero-order valence-corrected chi connectivity index (χ0v) is 14.2. The van der Waals surface area contributed by atoms with Gasteiger partial charge in [-0.15, -0.1) is 10.2 Å². The van der Waals surface area contributed by atoms with Crippen LogP contribution in [0.2, 0.25) is 0 Å². The molecule has 27 heavy (non-hydrogen) atoms. The Balaban J connectivity index is 1.42. The van der Waals surface area contributed by atoms with E-state index in [0.717, 1.165) is 23.4 Å². The number of amides is 2. The van der Waals surface area contributed by atoms with Gasteiger partial charge in [-0.25, -0.2) is 13.6 Å². The molecule has 3 aromatic rings. The average molecular weight is 370 g/mol. The highest BCUT2D eigenvalue weighted by Gasteiger charge is 2.06. The van der Waals surface area contributed by atoms with Crippen LogP contribution in [0.4, 0.5) is 19.3 Å². The molecule has 0 spiro atoms. The van der Waals surface area contributed by atoms with E-state index in [0.29, 0.717) is 5.88 Å². The van der Waals surface area contributed by atoms with E-state index in [1.54, 1.807) is 12.1 Å². The summed E-state index contributed by atoms with van der Waals surface area (Å²) in [5.41, 5.74) is 1.83. The lowest BCUT2D eigenvalue weighted by Crippen LogP contribution is -2.32. The van der Waals surface area contributed by atoms with Crippen molar-refractivity contribution in [3.63, 3.8) is 0 Å². The molecular formula is C19H16F2N4O2. The number of benzene rings is 2. The first-order chi connectivity index (χ1) is 13.1. The number of carbonyl (C=O) groups excluding carboxylic acids is 1. The summed E-state index contributed by atoms with van der Waals surface area (Å²) in [7, 11) is 0. The van der Waals surface area contributed by atoms with Crippen LogP contribution < -0.4 is 15.4 Å². The molecule has 3 rings (SSSR count). The fraction of sp³-hybridized carbons (Fsp3) is 0.105. The molecule has 2 aromatic carbocycles. The van der Waals surface area contributed by atoms with Gasteiger partial charge in [0.25, 0.3) is 0 Å². The van der Waals surface area contributed by atoms with Gasteiger partial charge in [0.05, 0.1) is 12.2 Å². The summed E-state index contributed by atoms with van der Waals surface area (Å²) in [6, 6.07) is 15.6. The maximum absolute atomic E-state index is 13.1. The van der Waals surface area contributed by atoms with Gasteiger partial charge < -0.3 is 15.4 Å². The summed E-state index contributed by atoms with van der Waals surface area (Å²) in [6.07, 6.45) is 0. The van der Waals surface area contributed by atoms with Crippen molar-refractivity contribution in [1.29, 1.82) is 0 Å². The molecule has 1 aromatic heterocycles. The third-order valence-corrected chi connectivity index (χ3v) is 3.52. The van der Waals surface area contributed by atoms with E-state index in [9.17, 15) is 13.6 Å². The van der Waals surface area contributed by atoms with Gasteiger partial charge in [0.1, 0.15) is 6.61 Å². The van der Waals surface area contributed by atoms with Gasteiger partial charge in [-0.05, 0) is 18.2 Å². The van der Waals surface area contributed by atoms with Crippen LogP contribution in [0.25, 0.3) is 11.3 Å². The molecule has 0 saturated heterocycles. The SMILES string of the molecule is O=C(NCCOc1ccc(-c2ccccc2)nn1)Nc1ccc(F)c(F)c1. The van der Waals surface area contributed by atoms with Crippen LogP contribution in [-0.4, -0.2) is 29.4 Å². The van der Waals surface area contributed by atoms with Gasteiger partial charge >= 0.3 is 6.03 Å². The lowest BCUT2D eigenvalue weighted by molar-refractivity contribution is 0.246. The molecule has 2 N–H and O–H groups in total. The highest BCUT2D eigenvalue weighted by molar-refractivity contribution is 5.89. The number of nitrogens with zero attached hydrogens (tertiary/aromatic N) is 2. The minimum absolute atomic E-state index is 0.148. The standard InChI is InChI=1S/C19H16F2N4O2/c20-15-7-6-14(12-16(15)21)23-19(26)22-10-11-27-18-9-8-17(24-25-18)13-4-2-1-3-5-13/h1-9,12H,10-11H2,(H2,22,23,26). The molecule has 0 bridgehead atoms. The summed E-state index contributed by atoms with van der Waals surface area (Å²) < 4.78 is 31.3. The van der Waals surface area contributed by atoms with Gasteiger partial charge in [-0.2, -0.15) is 0 Å². The maximum atomic E-state index is 13.1. The Morgan fingerprint density at radius 2 is 1.78 bits per heavy atom. The van der Waals surface area contributed by atoms with Gasteiger partial charge in [0.2, 0.25) is 5.88 Å². The van der Waals surface area contributed by atoms with Gasteiger partial charge in [-0.3, -0.25) is 0 Å². The second-order valence-electron chi connectivity index (χ2n) is 5.48. The summed E-state index contributed by atoms with van der Waals surface area (Å²) in [6.45, 7) is 0.363. The molecule has 138 valence electrons. The molecule has 0 aliphatic rings. The lowest BCUT2D eigenvalue weighted by Gasteiger charge is -2.09. The normalized spacial score (nSPS) is 10.3. The van der Waals surface area contributed by atoms with Crippen molar-refractivity contribution < 1.29 is 18.3 Å². The first-order valence-corrected chi connectivity index (χ1v) is 8.14. The van der Waals surface area contributed by atoms with E-state index >= 15 is 0 Å². The van der Waals surface area contributed by atoms with Crippen molar-refractivity contribution >= 4 is 11.7 Å². The zero-order chi connectivity index (χ0) is 19.1. The molecule has 0 unspecified atom stereocenters. The number of ether oxygens (including phenoxy) is 1. The minimum atomic E-state index is -1.03. The molecule has 0 atom stereocenters. The molecule has 8 heteroatoms. The monoisotopic (exact) mass is 370 g/mol. The average Bonchev–Trinajstić information content (AvgIpc) is 2.69. The number of rotatable bonds is 6. The first-order valence-electron chi connectivity index (χ1n) is 8.14. The van der Waals surface area contributed by atoms with Crippen molar-refractivity contribution in [3.8, 4) is 17.1 Å². The summed E-state index contributed by atoms with van der Waals surface area (Å²) in [5, 5.41) is 13.0. The summed E-state index contributed by atoms with van der Waals surface area (Å²) in [5.74, 6) is -1.68. The van der Waals surface area contributed by atoms with Crippen LogP contribution in [0.3, 0.4) is 0 Å². The maximum Gasteiger partial charge on any atom is 0.319 e. The number of anilines is 1. The van der Waals surface area contributed by atoms with E-state index in [2.05, 4.69) is 20.8 Å². The Morgan fingerprint density at radius 1 is 0.963 bits per heavy atom. The van der Waals surface area contributed by atoms with Gasteiger partial charge in [0, 0.05) is 23.4 Å². The first kappa shape index (κ1) is 18.2. The Bertz CT molecular complexity index is 905. The molecule has 1 heterocycles. The molecule has 0 aliphatic heterocycles. The van der Waals surface area contributed by atoms with Gasteiger partial charge in [0.15, 0.2) is 11.6 Å². The zero-order valence-electron chi connectivity index (χ0n) is 14.2. The second-order valence-corrected chi connectivity index (χ2v) is 5.48. The topological polar surface area (TPSA) is 76.1 Å². The third-order valence-electron chi connectivity index (χ3n) is 3.52. The largest absolute Gasteiger partial charge is 0.475 e. The third kappa shape index (κ3) is 5.21. The van der Waals surface area contributed by atoms with E-state index in [1.807, 2.05) is 30.3 Å². The van der Waals surface area contributed by atoms with Crippen molar-refractivity contribution in [1.82, 2.24) is 15.5 Å². The van der Waals surface area contributed by atoms with E-state index < -0.39 is 17.7 Å². The summed E-state index contributed by atoms with van der Waals surface area (Å²) >= 11 is 0. The molecular weight excluding hydrogens is 354 g/mol. The van der Waals surface area contributed by atoms with Crippen LogP contribution in [-0.2, 0) is 0 Å². The number of hydrogen-bond acceptors (Lipinski definition) is 4. The summed E-state index contributed by atoms with van der Waals surface area (Å²) in [4.78, 5) is 11.7. The van der Waals surface area contributed by atoms with Crippen LogP contribution >= 0.6 is 0 Å². The van der Waals surface area contributed by atoms with Crippen molar-refractivity contribution in [2.24, 2.45) is 0 Å².